The fourth-order valence-electron chi connectivity index (χ4n) is 9.74. The van der Waals surface area contributed by atoms with Gasteiger partial charge in [0.05, 0.1) is 18.3 Å². The van der Waals surface area contributed by atoms with Gasteiger partial charge in [0.25, 0.3) is 0 Å². The van der Waals surface area contributed by atoms with Crippen LogP contribution >= 0.6 is 0 Å². The quantitative estimate of drug-likeness (QED) is 0.638. The number of carbonyl (C=O) groups excluding carboxylic acids is 1. The van der Waals surface area contributed by atoms with Gasteiger partial charge in [0.15, 0.2) is 5.78 Å². The van der Waals surface area contributed by atoms with Crippen LogP contribution in [-0.4, -0.2) is 31.3 Å². The molecule has 0 radical (unpaired) electrons. The topological polar surface area (TPSA) is 68.0 Å². The van der Waals surface area contributed by atoms with Crippen LogP contribution in [0.1, 0.15) is 79.1 Å². The average Bonchev–Trinajstić information content (AvgIpc) is 3.30. The van der Waals surface area contributed by atoms with Crippen LogP contribution in [0.15, 0.2) is 24.7 Å². The van der Waals surface area contributed by atoms with Gasteiger partial charge in [-0.05, 0) is 105 Å². The molecular formula is C29H41N3O2. The highest BCUT2D eigenvalue weighted by atomic mass is 16.3. The molecule has 0 saturated heterocycles. The monoisotopic (exact) mass is 463 g/mol. The molecule has 2 heterocycles. The van der Waals surface area contributed by atoms with E-state index in [-0.39, 0.29) is 11.3 Å². The van der Waals surface area contributed by atoms with Crippen LogP contribution in [0.4, 0.5) is 0 Å². The summed E-state index contributed by atoms with van der Waals surface area (Å²) >= 11 is 0. The molecule has 6 rings (SSSR count). The van der Waals surface area contributed by atoms with Gasteiger partial charge in [-0.1, -0.05) is 20.8 Å². The van der Waals surface area contributed by atoms with Crippen LogP contribution in [0.25, 0.3) is 10.9 Å². The molecule has 0 amide bonds. The smallest absolute Gasteiger partial charge is 0.158 e. The van der Waals surface area contributed by atoms with E-state index in [4.69, 9.17) is 0 Å². The van der Waals surface area contributed by atoms with E-state index in [0.29, 0.717) is 35.5 Å². The SMILES string of the molecule is C[C@@H]1C[C@H]2[C@@H]3CC[C@H]4C[C@](C)(O)CC[C@]4(C)[C@H]3CC[C@]2(C)[C@H]1C(=O)Cn1cc2ccncc2n1. The zero-order valence-electron chi connectivity index (χ0n) is 21.3. The van der Waals surface area contributed by atoms with Crippen molar-refractivity contribution in [3.05, 3.63) is 24.7 Å². The normalized spacial score (nSPS) is 46.0. The van der Waals surface area contributed by atoms with Crippen LogP contribution in [-0.2, 0) is 11.3 Å². The summed E-state index contributed by atoms with van der Waals surface area (Å²) in [4.78, 5) is 17.9. The molecule has 4 aliphatic rings. The number of aromatic nitrogens is 3. The van der Waals surface area contributed by atoms with Gasteiger partial charge in [0.1, 0.15) is 5.52 Å². The van der Waals surface area contributed by atoms with Gasteiger partial charge in [-0.2, -0.15) is 5.10 Å². The van der Waals surface area contributed by atoms with Crippen LogP contribution in [0.5, 0.6) is 0 Å². The second kappa shape index (κ2) is 7.62. The number of carbonyl (C=O) groups is 1. The summed E-state index contributed by atoms with van der Waals surface area (Å²) in [6.45, 7) is 9.74. The van der Waals surface area contributed by atoms with Crippen LogP contribution in [0, 0.1) is 46.3 Å². The number of ketones is 1. The van der Waals surface area contributed by atoms with E-state index in [1.165, 1.54) is 32.1 Å². The molecule has 0 bridgehead atoms. The number of Topliss-reactive ketones (excluding diaryl/α,β-unsaturated/α-hetero) is 1. The number of aliphatic hydroxyl groups is 1. The molecule has 4 saturated carbocycles. The van der Waals surface area contributed by atoms with Gasteiger partial charge in [-0.25, -0.2) is 0 Å². The Bertz CT molecular complexity index is 1070. The molecule has 34 heavy (non-hydrogen) atoms. The van der Waals surface area contributed by atoms with Gasteiger partial charge in [-0.3, -0.25) is 14.5 Å². The molecule has 1 N–H and O–H groups in total. The van der Waals surface area contributed by atoms with Crippen molar-refractivity contribution in [2.75, 3.05) is 0 Å². The summed E-state index contributed by atoms with van der Waals surface area (Å²) in [7, 11) is 0. The lowest BCUT2D eigenvalue weighted by atomic mass is 9.44. The molecule has 4 fully saturated rings. The molecule has 4 aliphatic carbocycles. The molecule has 9 atom stereocenters. The highest BCUT2D eigenvalue weighted by Crippen LogP contribution is 2.69. The Morgan fingerprint density at radius 3 is 2.74 bits per heavy atom. The summed E-state index contributed by atoms with van der Waals surface area (Å²) < 4.78 is 1.84. The van der Waals surface area contributed by atoms with E-state index in [1.54, 1.807) is 12.4 Å². The summed E-state index contributed by atoms with van der Waals surface area (Å²) in [6.07, 6.45) is 14.8. The molecule has 0 aromatic carbocycles. The predicted octanol–water partition coefficient (Wildman–Crippen LogP) is 5.66. The fourth-order valence-corrected chi connectivity index (χ4v) is 9.74. The second-order valence-electron chi connectivity index (χ2n) is 13.3. The number of pyridine rings is 1. The number of rotatable bonds is 3. The van der Waals surface area contributed by atoms with Crippen molar-refractivity contribution in [3.63, 3.8) is 0 Å². The Balaban J connectivity index is 1.24. The molecule has 5 nitrogen and oxygen atoms in total. The Kier molecular flexibility index (Phi) is 5.09. The summed E-state index contributed by atoms with van der Waals surface area (Å²) in [5, 5.41) is 16.4. The molecule has 5 heteroatoms. The Morgan fingerprint density at radius 2 is 1.94 bits per heavy atom. The summed E-state index contributed by atoms with van der Waals surface area (Å²) in [6, 6.07) is 1.96. The maximum Gasteiger partial charge on any atom is 0.158 e. The lowest BCUT2D eigenvalue weighted by molar-refractivity contribution is -0.151. The third-order valence-corrected chi connectivity index (χ3v) is 11.3. The standard InChI is InChI=1S/C29H41N3O2/c1-18-13-23-21-6-5-20-14-27(2,34)10-11-28(20,3)22(21)7-9-29(23,4)26(18)25(33)17-32-16-19-8-12-30-15-24(19)31-32/h8,12,15-16,18,20-23,26,34H,5-7,9-11,13-14,17H2,1-4H3/t18-,20+,21-,22+,23+,26-,27-,28+,29+/m1/s1. The van der Waals surface area contributed by atoms with Crippen LogP contribution < -0.4 is 0 Å². The minimum absolute atomic E-state index is 0.106. The largest absolute Gasteiger partial charge is 0.390 e. The maximum atomic E-state index is 13.8. The number of hydrogen-bond acceptors (Lipinski definition) is 4. The third-order valence-electron chi connectivity index (χ3n) is 11.3. The first kappa shape index (κ1) is 22.7. The molecule has 2 aromatic heterocycles. The lowest BCUT2D eigenvalue weighted by Crippen LogP contribution is -2.55. The number of hydrogen-bond donors (Lipinski definition) is 1. The van der Waals surface area contributed by atoms with E-state index < -0.39 is 5.60 Å². The van der Waals surface area contributed by atoms with Gasteiger partial charge in [0, 0.05) is 23.7 Å². The molecule has 0 aliphatic heterocycles. The molecule has 0 unspecified atom stereocenters. The molecule has 0 spiro atoms. The first-order valence-electron chi connectivity index (χ1n) is 13.6. The van der Waals surface area contributed by atoms with Gasteiger partial charge in [0.2, 0.25) is 0 Å². The van der Waals surface area contributed by atoms with Crippen LogP contribution in [0.3, 0.4) is 0 Å². The van der Waals surface area contributed by atoms with E-state index in [0.717, 1.165) is 42.0 Å². The number of nitrogens with zero attached hydrogens (tertiary/aromatic N) is 3. The van der Waals surface area contributed by atoms with Crippen molar-refractivity contribution in [2.45, 2.75) is 91.2 Å². The van der Waals surface area contributed by atoms with Crippen molar-refractivity contribution in [1.82, 2.24) is 14.8 Å². The highest BCUT2D eigenvalue weighted by Gasteiger charge is 2.63. The zero-order valence-corrected chi connectivity index (χ0v) is 21.3. The zero-order chi connectivity index (χ0) is 23.9. The molecule has 184 valence electrons. The van der Waals surface area contributed by atoms with Gasteiger partial charge < -0.3 is 5.11 Å². The van der Waals surface area contributed by atoms with E-state index in [2.05, 4.69) is 30.9 Å². The third kappa shape index (κ3) is 3.32. The van der Waals surface area contributed by atoms with E-state index in [1.807, 2.05) is 23.9 Å². The summed E-state index contributed by atoms with van der Waals surface area (Å²) in [5.41, 5.74) is 0.846. The summed E-state index contributed by atoms with van der Waals surface area (Å²) in [5.74, 6) is 3.72. The Morgan fingerprint density at radius 1 is 1.12 bits per heavy atom. The average molecular weight is 464 g/mol. The van der Waals surface area contributed by atoms with Crippen molar-refractivity contribution < 1.29 is 9.90 Å². The van der Waals surface area contributed by atoms with E-state index in [9.17, 15) is 9.90 Å². The molecule has 2 aromatic rings. The molecular weight excluding hydrogens is 422 g/mol. The minimum atomic E-state index is -0.479. The maximum absolute atomic E-state index is 13.8. The van der Waals surface area contributed by atoms with E-state index >= 15 is 0 Å². The predicted molar refractivity (Wildman–Crippen MR) is 133 cm³/mol. The first-order valence-corrected chi connectivity index (χ1v) is 13.6. The van der Waals surface area contributed by atoms with Crippen molar-refractivity contribution in [1.29, 1.82) is 0 Å². The van der Waals surface area contributed by atoms with Crippen LogP contribution in [0.2, 0.25) is 0 Å². The number of fused-ring (bicyclic) bond motifs is 6. The van der Waals surface area contributed by atoms with Gasteiger partial charge in [-0.15, -0.1) is 0 Å². The first-order chi connectivity index (χ1) is 16.1. The second-order valence-corrected chi connectivity index (χ2v) is 13.3. The van der Waals surface area contributed by atoms with Crippen molar-refractivity contribution in [3.8, 4) is 0 Å². The lowest BCUT2D eigenvalue weighted by Gasteiger charge is -2.61. The highest BCUT2D eigenvalue weighted by molar-refractivity contribution is 5.83. The van der Waals surface area contributed by atoms with Crippen molar-refractivity contribution >= 4 is 16.7 Å². The Labute approximate surface area is 203 Å². The fraction of sp³-hybridized carbons (Fsp3) is 0.759. The Hall–Kier alpha value is -1.75. The van der Waals surface area contributed by atoms with Crippen molar-refractivity contribution in [2.24, 2.45) is 46.3 Å². The van der Waals surface area contributed by atoms with Gasteiger partial charge >= 0.3 is 0 Å². The minimum Gasteiger partial charge on any atom is -0.390 e.